The number of aromatic amines is 2. The van der Waals surface area contributed by atoms with E-state index in [-0.39, 0.29) is 0 Å². The Kier molecular flexibility index (Phi) is 4.14. The van der Waals surface area contributed by atoms with E-state index >= 15 is 0 Å². The molecule has 0 aliphatic carbocycles. The molecule has 110 valence electrons. The number of hydrazine groups is 1. The van der Waals surface area contributed by atoms with Crippen LogP contribution in [-0.4, -0.2) is 21.7 Å². The molecule has 1 aliphatic rings. The lowest BCUT2D eigenvalue weighted by Crippen LogP contribution is -2.36. The third-order valence-electron chi connectivity index (χ3n) is 3.68. The van der Waals surface area contributed by atoms with Crippen LogP contribution >= 0.6 is 12.2 Å². The molecule has 0 saturated heterocycles. The number of nitrogens with zero attached hydrogens (tertiary/aromatic N) is 1. The molecule has 0 unspecified atom stereocenters. The van der Waals surface area contributed by atoms with Crippen molar-refractivity contribution in [1.82, 2.24) is 15.4 Å². The minimum atomic E-state index is 0.403. The van der Waals surface area contributed by atoms with Crippen molar-refractivity contribution in [3.63, 3.8) is 0 Å². The molecule has 0 bridgehead atoms. The Morgan fingerprint density at radius 3 is 2.95 bits per heavy atom. The maximum atomic E-state index is 5.29. The third kappa shape index (κ3) is 3.21. The number of hydrogen-bond donors (Lipinski definition) is 4. The zero-order valence-corrected chi connectivity index (χ0v) is 12.5. The summed E-state index contributed by atoms with van der Waals surface area (Å²) in [5, 5.41) is 9.79. The summed E-state index contributed by atoms with van der Waals surface area (Å²) >= 11 is 5.03. The minimum Gasteiger partial charge on any atom is -0.293 e. The van der Waals surface area contributed by atoms with Crippen LogP contribution in [0.15, 0.2) is 30.3 Å². The summed E-state index contributed by atoms with van der Waals surface area (Å²) in [6, 6.07) is 10.5. The third-order valence-corrected chi connectivity index (χ3v) is 3.90. The quantitative estimate of drug-likeness (QED) is 0.378. The van der Waals surface area contributed by atoms with Gasteiger partial charge in [-0.05, 0) is 24.2 Å². The molecule has 6 nitrogen and oxygen atoms in total. The van der Waals surface area contributed by atoms with Gasteiger partial charge in [-0.25, -0.2) is 16.3 Å². The topological polar surface area (TPSA) is 83.2 Å². The van der Waals surface area contributed by atoms with Crippen LogP contribution in [0.25, 0.3) is 0 Å². The Morgan fingerprint density at radius 2 is 2.19 bits per heavy atom. The van der Waals surface area contributed by atoms with Gasteiger partial charge in [0.05, 0.1) is 11.3 Å². The van der Waals surface area contributed by atoms with Crippen molar-refractivity contribution in [3.05, 3.63) is 47.2 Å². The largest absolute Gasteiger partial charge is 0.303 e. The zero-order valence-electron chi connectivity index (χ0n) is 11.6. The Labute approximate surface area is 128 Å². The fraction of sp³-hybridized carbons (Fsp3) is 0.286. The molecule has 21 heavy (non-hydrogen) atoms. The van der Waals surface area contributed by atoms with E-state index in [1.165, 1.54) is 16.8 Å². The molecule has 0 fully saturated rings. The molecule has 0 spiro atoms. The Morgan fingerprint density at radius 1 is 1.38 bits per heavy atom. The van der Waals surface area contributed by atoms with Gasteiger partial charge in [0.25, 0.3) is 5.11 Å². The molecule has 2 aromatic rings. The van der Waals surface area contributed by atoms with E-state index in [4.69, 9.17) is 18.1 Å². The molecule has 6 N–H and O–H groups in total. The van der Waals surface area contributed by atoms with Crippen molar-refractivity contribution in [2.75, 3.05) is 11.9 Å². The number of rotatable bonds is 3. The van der Waals surface area contributed by atoms with Crippen LogP contribution in [0.5, 0.6) is 0 Å². The number of thiocarbonyl (C=S) groups is 1. The molecule has 0 radical (unpaired) electrons. The Balaban J connectivity index is 1.68. The molecular formula is C14H19N6S+. The first-order valence-electron chi connectivity index (χ1n) is 6.91. The summed E-state index contributed by atoms with van der Waals surface area (Å²) in [6.45, 7) is 2.88. The highest BCUT2D eigenvalue weighted by atomic mass is 32.1. The summed E-state index contributed by atoms with van der Waals surface area (Å²) in [6.07, 6.45) is 0.970. The first kappa shape index (κ1) is 14.0. The number of nitrogens with one attached hydrogen (secondary N) is 4. The molecule has 1 aromatic heterocycles. The minimum absolute atomic E-state index is 0.403. The number of aromatic nitrogens is 2. The highest BCUT2D eigenvalue weighted by Crippen LogP contribution is 2.22. The molecule has 3 rings (SSSR count). The molecule has 1 aromatic carbocycles. The van der Waals surface area contributed by atoms with Crippen molar-refractivity contribution in [1.29, 1.82) is 0 Å². The summed E-state index contributed by atoms with van der Waals surface area (Å²) in [5.41, 5.74) is 6.21. The second-order valence-corrected chi connectivity index (χ2v) is 5.54. The molecular weight excluding hydrogens is 284 g/mol. The van der Waals surface area contributed by atoms with Gasteiger partial charge in [-0.2, -0.15) is 5.10 Å². The van der Waals surface area contributed by atoms with Gasteiger partial charge in [0, 0.05) is 19.6 Å². The van der Waals surface area contributed by atoms with Gasteiger partial charge in [-0.15, -0.1) is 0 Å². The van der Waals surface area contributed by atoms with E-state index in [9.17, 15) is 0 Å². The van der Waals surface area contributed by atoms with Gasteiger partial charge in [0.15, 0.2) is 0 Å². The van der Waals surface area contributed by atoms with E-state index in [1.807, 2.05) is 6.07 Å². The van der Waals surface area contributed by atoms with Gasteiger partial charge in [0.1, 0.15) is 0 Å². The van der Waals surface area contributed by atoms with Gasteiger partial charge < -0.3 is 0 Å². The van der Waals surface area contributed by atoms with E-state index in [0.717, 1.165) is 31.9 Å². The normalized spacial score (nSPS) is 14.5. The predicted molar refractivity (Wildman–Crippen MR) is 85.2 cm³/mol. The van der Waals surface area contributed by atoms with Gasteiger partial charge in [-0.1, -0.05) is 30.3 Å². The Hall–Kier alpha value is -1.96. The number of hydrogen-bond acceptors (Lipinski definition) is 3. The lowest BCUT2D eigenvalue weighted by Gasteiger charge is -2.25. The number of fused-ring (bicyclic) bond motifs is 1. The average Bonchev–Trinajstić information content (AvgIpc) is 2.90. The van der Waals surface area contributed by atoms with Crippen molar-refractivity contribution in [2.45, 2.75) is 19.5 Å². The first-order chi connectivity index (χ1) is 10.3. The van der Waals surface area contributed by atoms with Crippen molar-refractivity contribution in [2.24, 2.45) is 5.84 Å². The summed E-state index contributed by atoms with van der Waals surface area (Å²) in [4.78, 5) is 2.42. The van der Waals surface area contributed by atoms with E-state index in [0.29, 0.717) is 5.11 Å². The van der Waals surface area contributed by atoms with Gasteiger partial charge >= 0.3 is 5.82 Å². The highest BCUT2D eigenvalue weighted by Gasteiger charge is 2.25. The summed E-state index contributed by atoms with van der Waals surface area (Å²) in [7, 11) is 0. The van der Waals surface area contributed by atoms with E-state index in [1.54, 1.807) is 0 Å². The average molecular weight is 303 g/mol. The van der Waals surface area contributed by atoms with Crippen molar-refractivity contribution < 1.29 is 5.10 Å². The monoisotopic (exact) mass is 303 g/mol. The molecule has 0 saturated carbocycles. The molecule has 1 aliphatic heterocycles. The number of benzene rings is 1. The van der Waals surface area contributed by atoms with Crippen LogP contribution in [0.2, 0.25) is 0 Å². The molecule has 7 heteroatoms. The van der Waals surface area contributed by atoms with Crippen LogP contribution in [0.1, 0.15) is 16.8 Å². The second kappa shape index (κ2) is 6.21. The van der Waals surface area contributed by atoms with Gasteiger partial charge in [0.2, 0.25) is 0 Å². The molecule has 2 heterocycles. The van der Waals surface area contributed by atoms with Crippen molar-refractivity contribution >= 4 is 23.1 Å². The van der Waals surface area contributed by atoms with E-state index in [2.05, 4.69) is 50.1 Å². The first-order valence-corrected chi connectivity index (χ1v) is 7.32. The molecule has 0 amide bonds. The zero-order chi connectivity index (χ0) is 14.7. The van der Waals surface area contributed by atoms with Crippen LogP contribution in [-0.2, 0) is 19.5 Å². The van der Waals surface area contributed by atoms with Crippen molar-refractivity contribution in [3.8, 4) is 0 Å². The summed E-state index contributed by atoms with van der Waals surface area (Å²) in [5.74, 6) is 6.18. The molecule has 0 atom stereocenters. The fourth-order valence-electron chi connectivity index (χ4n) is 2.66. The maximum Gasteiger partial charge on any atom is 0.303 e. The number of H-pyrrole nitrogens is 2. The van der Waals surface area contributed by atoms with E-state index < -0.39 is 0 Å². The fourth-order valence-corrected chi connectivity index (χ4v) is 2.76. The van der Waals surface area contributed by atoms with Crippen LogP contribution < -0.4 is 21.7 Å². The number of anilines is 1. The standard InChI is InChI=1S/C14H18N6S/c15-17-14(21)16-13-11-6-7-20(9-12(11)18-19-13)8-10-4-2-1-3-5-10/h1-5H,6-9,15H2,(H3,16,17,18,19,21)/p+1. The lowest BCUT2D eigenvalue weighted by atomic mass is 10.1. The SMILES string of the molecule is NNC(=S)Nc1[nH+][nH]c2c1CCN(Cc1ccccc1)C2. The second-order valence-electron chi connectivity index (χ2n) is 5.13. The van der Waals surface area contributed by atoms with Crippen LogP contribution in [0.4, 0.5) is 5.82 Å². The summed E-state index contributed by atoms with van der Waals surface area (Å²) < 4.78 is 0. The lowest BCUT2D eigenvalue weighted by molar-refractivity contribution is -0.434. The highest BCUT2D eigenvalue weighted by molar-refractivity contribution is 7.80. The number of nitrogens with two attached hydrogens (primary N) is 1. The maximum absolute atomic E-state index is 5.29. The smallest absolute Gasteiger partial charge is 0.293 e. The Bertz CT molecular complexity index is 624. The van der Waals surface area contributed by atoms with Gasteiger partial charge in [-0.3, -0.25) is 10.3 Å². The predicted octanol–water partition coefficient (Wildman–Crippen LogP) is 0.547. The van der Waals surface area contributed by atoms with Crippen LogP contribution in [0.3, 0.4) is 0 Å². The van der Waals surface area contributed by atoms with Crippen LogP contribution in [0, 0.1) is 0 Å².